The highest BCUT2D eigenvalue weighted by atomic mass is 16.5. The summed E-state index contributed by atoms with van der Waals surface area (Å²) in [5.41, 5.74) is -1.06. The Morgan fingerprint density at radius 1 is 1.42 bits per heavy atom. The maximum absolute atomic E-state index is 11.9. The van der Waals surface area contributed by atoms with E-state index in [0.29, 0.717) is 19.1 Å². The first-order valence-corrected chi connectivity index (χ1v) is 6.08. The summed E-state index contributed by atoms with van der Waals surface area (Å²) in [5, 5.41) is 12.1. The van der Waals surface area contributed by atoms with Crippen molar-refractivity contribution in [2.45, 2.75) is 6.42 Å². The Bertz CT molecular complexity index is 632. The number of hydrogen-bond donors (Lipinski definition) is 1. The van der Waals surface area contributed by atoms with Crippen molar-refractivity contribution >= 4 is 5.82 Å². The molecule has 0 amide bonds. The molecule has 7 nitrogen and oxygen atoms in total. The van der Waals surface area contributed by atoms with Gasteiger partial charge in [0, 0.05) is 33.2 Å². The van der Waals surface area contributed by atoms with E-state index in [9.17, 15) is 9.59 Å². The number of ether oxygens (including phenoxy) is 1. The van der Waals surface area contributed by atoms with Gasteiger partial charge < -0.3 is 10.1 Å². The largest absolute Gasteiger partial charge is 0.381 e. The molecule has 2 heterocycles. The first-order valence-electron chi connectivity index (χ1n) is 6.08. The molecule has 1 fully saturated rings. The lowest BCUT2D eigenvalue weighted by Crippen LogP contribution is -2.40. The normalized spacial score (nSPS) is 18.3. The van der Waals surface area contributed by atoms with Crippen LogP contribution in [0.15, 0.2) is 9.59 Å². The van der Waals surface area contributed by atoms with E-state index in [1.165, 1.54) is 18.7 Å². The molecular weight excluding hydrogens is 248 g/mol. The molecule has 0 spiro atoms. The van der Waals surface area contributed by atoms with Crippen molar-refractivity contribution in [1.29, 1.82) is 5.26 Å². The maximum Gasteiger partial charge on any atom is 0.332 e. The molecule has 0 aromatic carbocycles. The van der Waals surface area contributed by atoms with Gasteiger partial charge in [-0.1, -0.05) is 0 Å². The molecule has 7 heteroatoms. The lowest BCUT2D eigenvalue weighted by atomic mass is 10.1. The Balaban J connectivity index is 2.36. The number of nitriles is 1. The highest BCUT2D eigenvalue weighted by Crippen LogP contribution is 2.14. The van der Waals surface area contributed by atoms with Crippen LogP contribution in [0, 0.1) is 17.2 Å². The summed E-state index contributed by atoms with van der Waals surface area (Å²) in [6.07, 6.45) is 0.938. The minimum absolute atomic E-state index is 0.0384. The van der Waals surface area contributed by atoms with Gasteiger partial charge in [0.15, 0.2) is 5.56 Å². The zero-order chi connectivity index (χ0) is 14.0. The number of anilines is 1. The molecule has 102 valence electrons. The minimum atomic E-state index is -0.573. The third kappa shape index (κ3) is 2.39. The fourth-order valence-corrected chi connectivity index (χ4v) is 2.14. The highest BCUT2D eigenvalue weighted by molar-refractivity contribution is 5.51. The minimum Gasteiger partial charge on any atom is -0.381 e. The Morgan fingerprint density at radius 2 is 2.16 bits per heavy atom. The average molecular weight is 264 g/mol. The van der Waals surface area contributed by atoms with Crippen LogP contribution >= 0.6 is 0 Å². The van der Waals surface area contributed by atoms with E-state index in [1.807, 2.05) is 6.07 Å². The molecule has 0 saturated carbocycles. The summed E-state index contributed by atoms with van der Waals surface area (Å²) in [5.74, 6) is 0.619. The van der Waals surface area contributed by atoms with E-state index in [4.69, 9.17) is 10.00 Å². The predicted molar refractivity (Wildman–Crippen MR) is 69.1 cm³/mol. The van der Waals surface area contributed by atoms with Crippen molar-refractivity contribution in [1.82, 2.24) is 9.13 Å². The fraction of sp³-hybridized carbons (Fsp3) is 0.583. The van der Waals surface area contributed by atoms with Crippen LogP contribution in [0.3, 0.4) is 0 Å². The van der Waals surface area contributed by atoms with Gasteiger partial charge in [0.05, 0.1) is 6.61 Å². The topological polar surface area (TPSA) is 89.1 Å². The van der Waals surface area contributed by atoms with Crippen molar-refractivity contribution in [3.05, 3.63) is 26.4 Å². The second kappa shape index (κ2) is 5.28. The van der Waals surface area contributed by atoms with Gasteiger partial charge in [-0.15, -0.1) is 0 Å². The van der Waals surface area contributed by atoms with Crippen LogP contribution in [-0.2, 0) is 18.8 Å². The number of hydrogen-bond acceptors (Lipinski definition) is 5. The van der Waals surface area contributed by atoms with Gasteiger partial charge in [0.2, 0.25) is 0 Å². The van der Waals surface area contributed by atoms with Gasteiger partial charge in [-0.05, 0) is 6.42 Å². The summed E-state index contributed by atoms with van der Waals surface area (Å²) < 4.78 is 7.48. The van der Waals surface area contributed by atoms with Crippen LogP contribution in [0.4, 0.5) is 5.82 Å². The lowest BCUT2D eigenvalue weighted by molar-refractivity contribution is 0.187. The van der Waals surface area contributed by atoms with Gasteiger partial charge in [-0.3, -0.25) is 13.9 Å². The molecule has 1 aliphatic heterocycles. The molecule has 1 aliphatic rings. The second-order valence-electron chi connectivity index (χ2n) is 4.65. The molecule has 1 saturated heterocycles. The first kappa shape index (κ1) is 13.4. The molecule has 1 aromatic heterocycles. The maximum atomic E-state index is 11.9. The molecule has 0 radical (unpaired) electrons. The van der Waals surface area contributed by atoms with Crippen molar-refractivity contribution in [3.8, 4) is 6.07 Å². The molecule has 1 aromatic rings. The van der Waals surface area contributed by atoms with Gasteiger partial charge >= 0.3 is 5.69 Å². The van der Waals surface area contributed by atoms with Crippen LogP contribution in [-0.4, -0.2) is 28.9 Å². The molecule has 19 heavy (non-hydrogen) atoms. The average Bonchev–Trinajstić information content (AvgIpc) is 2.92. The zero-order valence-corrected chi connectivity index (χ0v) is 11.0. The van der Waals surface area contributed by atoms with Gasteiger partial charge in [-0.25, -0.2) is 4.79 Å². The molecule has 1 unspecified atom stereocenters. The van der Waals surface area contributed by atoms with E-state index in [0.717, 1.165) is 17.6 Å². The number of aromatic nitrogens is 2. The molecular formula is C12H16N4O3. The molecule has 1 atom stereocenters. The summed E-state index contributed by atoms with van der Waals surface area (Å²) >= 11 is 0. The quantitative estimate of drug-likeness (QED) is 0.787. The SMILES string of the molecule is Cn1c(NCC2CCOC2)c(C#N)c(=O)n(C)c1=O. The molecule has 0 aliphatic carbocycles. The van der Waals surface area contributed by atoms with Crippen LogP contribution in [0.1, 0.15) is 12.0 Å². The van der Waals surface area contributed by atoms with E-state index < -0.39 is 11.2 Å². The standard InChI is InChI=1S/C12H16N4O3/c1-15-10(14-6-8-3-4-19-7-8)9(5-13)11(17)16(2)12(15)18/h8,14H,3-4,6-7H2,1-2H3. The van der Waals surface area contributed by atoms with E-state index >= 15 is 0 Å². The lowest BCUT2D eigenvalue weighted by Gasteiger charge is -2.15. The third-order valence-corrected chi connectivity index (χ3v) is 3.36. The fourth-order valence-electron chi connectivity index (χ4n) is 2.14. The molecule has 2 rings (SSSR count). The van der Waals surface area contributed by atoms with E-state index in [2.05, 4.69) is 5.32 Å². The Labute approximate surface area is 110 Å². The van der Waals surface area contributed by atoms with Crippen LogP contribution < -0.4 is 16.6 Å². The molecule has 1 N–H and O–H groups in total. The Hall–Kier alpha value is -2.07. The van der Waals surface area contributed by atoms with Crippen molar-refractivity contribution in [2.75, 3.05) is 25.1 Å². The summed E-state index contributed by atoms with van der Waals surface area (Å²) in [4.78, 5) is 23.7. The number of nitrogens with zero attached hydrogens (tertiary/aromatic N) is 3. The van der Waals surface area contributed by atoms with Gasteiger partial charge in [0.1, 0.15) is 11.9 Å². The zero-order valence-electron chi connectivity index (χ0n) is 11.0. The van der Waals surface area contributed by atoms with Gasteiger partial charge in [-0.2, -0.15) is 5.26 Å². The van der Waals surface area contributed by atoms with Crippen LogP contribution in [0.5, 0.6) is 0 Å². The first-order chi connectivity index (χ1) is 9.06. The summed E-state index contributed by atoms with van der Waals surface area (Å²) in [6, 6.07) is 1.86. The van der Waals surface area contributed by atoms with E-state index in [1.54, 1.807) is 0 Å². The highest BCUT2D eigenvalue weighted by Gasteiger charge is 2.19. The Morgan fingerprint density at radius 3 is 2.74 bits per heavy atom. The summed E-state index contributed by atoms with van der Waals surface area (Å²) in [7, 11) is 2.90. The number of rotatable bonds is 3. The van der Waals surface area contributed by atoms with Crippen molar-refractivity contribution in [2.24, 2.45) is 20.0 Å². The predicted octanol–water partition coefficient (Wildman–Crippen LogP) is -0.596. The second-order valence-corrected chi connectivity index (χ2v) is 4.65. The van der Waals surface area contributed by atoms with Crippen molar-refractivity contribution in [3.63, 3.8) is 0 Å². The molecule has 0 bridgehead atoms. The van der Waals surface area contributed by atoms with Crippen molar-refractivity contribution < 1.29 is 4.74 Å². The van der Waals surface area contributed by atoms with Crippen LogP contribution in [0.2, 0.25) is 0 Å². The Kier molecular flexibility index (Phi) is 3.71. The smallest absolute Gasteiger partial charge is 0.332 e. The van der Waals surface area contributed by atoms with E-state index in [-0.39, 0.29) is 11.4 Å². The van der Waals surface area contributed by atoms with Gasteiger partial charge in [0.25, 0.3) is 5.56 Å². The number of nitrogens with one attached hydrogen (secondary N) is 1. The third-order valence-electron chi connectivity index (χ3n) is 3.36. The van der Waals surface area contributed by atoms with Crippen LogP contribution in [0.25, 0.3) is 0 Å². The summed E-state index contributed by atoms with van der Waals surface area (Å²) in [6.45, 7) is 1.97. The monoisotopic (exact) mass is 264 g/mol.